The zero-order valence-corrected chi connectivity index (χ0v) is 19.9. The summed E-state index contributed by atoms with van der Waals surface area (Å²) >= 11 is 0.886. The van der Waals surface area contributed by atoms with Crippen molar-refractivity contribution in [1.29, 1.82) is 0 Å². The van der Waals surface area contributed by atoms with E-state index in [0.29, 0.717) is 50.1 Å². The minimum absolute atomic E-state index is 0.0910. The molecule has 1 aromatic heterocycles. The average molecular weight is 488 g/mol. The number of nitrogens with zero attached hydrogens (tertiary/aromatic N) is 5. The molecule has 1 saturated heterocycles. The molecule has 1 aromatic carbocycles. The minimum Gasteiger partial charge on any atom is -0.345 e. The molecule has 2 aromatic rings. The summed E-state index contributed by atoms with van der Waals surface area (Å²) in [5.74, 6) is 0.993. The number of nitro groups is 1. The van der Waals surface area contributed by atoms with Crippen LogP contribution < -0.4 is 10.5 Å². The molecule has 3 rings (SSSR count). The molecule has 0 amide bonds. The van der Waals surface area contributed by atoms with E-state index >= 15 is 0 Å². The van der Waals surface area contributed by atoms with Gasteiger partial charge in [0, 0.05) is 45.3 Å². The van der Waals surface area contributed by atoms with Gasteiger partial charge in [-0.1, -0.05) is 39.0 Å². The van der Waals surface area contributed by atoms with E-state index in [1.807, 2.05) is 4.90 Å². The highest BCUT2D eigenvalue weighted by atomic mass is 32.1. The van der Waals surface area contributed by atoms with Crippen LogP contribution in [-0.2, 0) is 6.18 Å². The van der Waals surface area contributed by atoms with Gasteiger partial charge in [0.25, 0.3) is 11.2 Å². The van der Waals surface area contributed by atoms with Crippen molar-refractivity contribution < 1.29 is 18.1 Å². The van der Waals surface area contributed by atoms with Crippen molar-refractivity contribution >= 4 is 32.2 Å². The predicted molar refractivity (Wildman–Crippen MR) is 123 cm³/mol. The molecular weight excluding hydrogens is 459 g/mol. The number of fused-ring (bicyclic) bond motifs is 1. The van der Waals surface area contributed by atoms with Crippen LogP contribution in [0.4, 0.5) is 24.0 Å². The Morgan fingerprint density at radius 3 is 2.18 bits per heavy atom. The summed E-state index contributed by atoms with van der Waals surface area (Å²) in [5, 5.41) is 16.0. The van der Waals surface area contributed by atoms with Gasteiger partial charge in [0.2, 0.25) is 0 Å². The van der Waals surface area contributed by atoms with Crippen molar-refractivity contribution in [2.75, 3.05) is 44.2 Å². The van der Waals surface area contributed by atoms with E-state index in [2.05, 4.69) is 42.7 Å². The quantitative estimate of drug-likeness (QED) is 0.427. The second-order valence-electron chi connectivity index (χ2n) is 9.03. The number of non-ortho nitro benzene ring substituents is 1. The minimum atomic E-state index is -4.80. The van der Waals surface area contributed by atoms with Gasteiger partial charge in [-0.2, -0.15) is 18.2 Å². The topological polar surface area (TPSA) is 82.8 Å². The third-order valence-corrected chi connectivity index (χ3v) is 6.46. The Hall–Kier alpha value is -2.31. The van der Waals surface area contributed by atoms with Crippen LogP contribution in [0, 0.1) is 22.0 Å². The molecule has 0 spiro atoms. The fraction of sp³-hybridized carbons (Fsp3) is 0.619. The van der Waals surface area contributed by atoms with Gasteiger partial charge in [0.05, 0.1) is 15.9 Å². The van der Waals surface area contributed by atoms with E-state index < -0.39 is 27.9 Å². The number of anilines is 1. The first-order chi connectivity index (χ1) is 15.4. The fourth-order valence-corrected chi connectivity index (χ4v) is 5.01. The third-order valence-electron chi connectivity index (χ3n) is 5.29. The maximum atomic E-state index is 13.2. The van der Waals surface area contributed by atoms with Crippen LogP contribution >= 0.6 is 11.3 Å². The molecule has 182 valence electrons. The van der Waals surface area contributed by atoms with Gasteiger partial charge < -0.3 is 4.90 Å². The molecule has 0 atom stereocenters. The zero-order chi connectivity index (χ0) is 24.5. The molecule has 0 radical (unpaired) electrons. The first-order valence-electron chi connectivity index (χ1n) is 10.8. The lowest BCUT2D eigenvalue weighted by Gasteiger charge is -2.42. The van der Waals surface area contributed by atoms with Crippen molar-refractivity contribution in [2.24, 2.45) is 11.8 Å². The number of halogens is 3. The Labute approximate surface area is 193 Å². The van der Waals surface area contributed by atoms with E-state index in [-0.39, 0.29) is 15.2 Å². The normalized spacial score (nSPS) is 15.9. The van der Waals surface area contributed by atoms with Crippen molar-refractivity contribution in [3.63, 3.8) is 0 Å². The Balaban J connectivity index is 1.89. The number of alkyl halides is 3. The Morgan fingerprint density at radius 2 is 1.70 bits per heavy atom. The third kappa shape index (κ3) is 5.98. The summed E-state index contributed by atoms with van der Waals surface area (Å²) in [6.45, 7) is 13.0. The van der Waals surface area contributed by atoms with Crippen molar-refractivity contribution in [1.82, 2.24) is 15.0 Å². The summed E-state index contributed by atoms with van der Waals surface area (Å²) in [5.41, 5.74) is -2.86. The van der Waals surface area contributed by atoms with E-state index in [0.717, 1.165) is 24.4 Å². The van der Waals surface area contributed by atoms with Gasteiger partial charge in [-0.05, 0) is 17.9 Å². The maximum absolute atomic E-state index is 13.2. The van der Waals surface area contributed by atoms with E-state index in [9.17, 15) is 28.1 Å². The number of hydrogen-bond donors (Lipinski definition) is 0. The van der Waals surface area contributed by atoms with Crippen LogP contribution in [0.1, 0.15) is 33.3 Å². The molecule has 2 heterocycles. The number of hydrazine groups is 1. The number of piperazine rings is 1. The molecule has 0 bridgehead atoms. The van der Waals surface area contributed by atoms with Crippen LogP contribution in [0.15, 0.2) is 16.9 Å². The molecule has 0 aliphatic carbocycles. The standard InChI is InChI=1S/C21H28F3N5O3S/c1-13(2)11-28(12-14(3)4)27-7-5-26(6-8-27)20-25-19(30)16-9-15(21(22,23)24)10-17(29(31)32)18(16)33-20/h9-10,13-14H,5-8,11-12H2,1-4H3. The molecule has 1 fully saturated rings. The largest absolute Gasteiger partial charge is 0.416 e. The van der Waals surface area contributed by atoms with Crippen LogP contribution in [0.3, 0.4) is 0 Å². The van der Waals surface area contributed by atoms with Gasteiger partial charge in [0.1, 0.15) is 4.70 Å². The van der Waals surface area contributed by atoms with Crippen molar-refractivity contribution in [2.45, 2.75) is 33.9 Å². The Morgan fingerprint density at radius 1 is 1.12 bits per heavy atom. The number of rotatable bonds is 7. The SMILES string of the molecule is CC(C)CN(CC(C)C)N1CCN(c2nc(=O)c3cc(C(F)(F)F)cc([N+](=O)[O-])c3s2)CC1. The molecule has 0 unspecified atom stereocenters. The van der Waals surface area contributed by atoms with Gasteiger partial charge >= 0.3 is 6.18 Å². The molecular formula is C21H28F3N5O3S. The molecule has 33 heavy (non-hydrogen) atoms. The predicted octanol–water partition coefficient (Wildman–Crippen LogP) is 4.23. The summed E-state index contributed by atoms with van der Waals surface area (Å²) in [6, 6.07) is 1.13. The highest BCUT2D eigenvalue weighted by Gasteiger charge is 2.34. The first-order valence-corrected chi connectivity index (χ1v) is 11.6. The van der Waals surface area contributed by atoms with Gasteiger partial charge in [-0.25, -0.2) is 10.0 Å². The van der Waals surface area contributed by atoms with E-state index in [1.165, 1.54) is 0 Å². The summed E-state index contributed by atoms with van der Waals surface area (Å²) in [6.07, 6.45) is -4.80. The lowest BCUT2D eigenvalue weighted by molar-refractivity contribution is -0.383. The van der Waals surface area contributed by atoms with E-state index in [1.54, 1.807) is 0 Å². The summed E-state index contributed by atoms with van der Waals surface area (Å²) < 4.78 is 39.4. The molecule has 0 saturated carbocycles. The zero-order valence-electron chi connectivity index (χ0n) is 19.1. The van der Waals surface area contributed by atoms with Crippen LogP contribution in [-0.4, -0.2) is 59.2 Å². The summed E-state index contributed by atoms with van der Waals surface area (Å²) in [4.78, 5) is 29.0. The number of benzene rings is 1. The lowest BCUT2D eigenvalue weighted by Crippen LogP contribution is -2.55. The Kier molecular flexibility index (Phi) is 7.59. The van der Waals surface area contributed by atoms with Gasteiger partial charge in [0.15, 0.2) is 5.13 Å². The molecule has 1 aliphatic heterocycles. The van der Waals surface area contributed by atoms with Crippen LogP contribution in [0.2, 0.25) is 0 Å². The highest BCUT2D eigenvalue weighted by Crippen LogP contribution is 2.38. The Bertz CT molecular complexity index is 1060. The smallest absolute Gasteiger partial charge is 0.345 e. The van der Waals surface area contributed by atoms with Crippen molar-refractivity contribution in [3.8, 4) is 0 Å². The number of hydrogen-bond acceptors (Lipinski definition) is 8. The second kappa shape index (κ2) is 9.90. The molecule has 12 heteroatoms. The van der Waals surface area contributed by atoms with Crippen LogP contribution in [0.25, 0.3) is 10.1 Å². The second-order valence-corrected chi connectivity index (χ2v) is 10.0. The maximum Gasteiger partial charge on any atom is 0.416 e. The summed E-state index contributed by atoms with van der Waals surface area (Å²) in [7, 11) is 0. The van der Waals surface area contributed by atoms with Crippen LogP contribution in [0.5, 0.6) is 0 Å². The molecule has 1 aliphatic rings. The molecule has 8 nitrogen and oxygen atoms in total. The molecule has 0 N–H and O–H groups in total. The number of aromatic nitrogens is 1. The van der Waals surface area contributed by atoms with Gasteiger partial charge in [-0.15, -0.1) is 0 Å². The lowest BCUT2D eigenvalue weighted by atomic mass is 10.1. The number of nitro benzene ring substituents is 1. The first kappa shape index (κ1) is 25.3. The van der Waals surface area contributed by atoms with Gasteiger partial charge in [-0.3, -0.25) is 14.9 Å². The van der Waals surface area contributed by atoms with Crippen molar-refractivity contribution in [3.05, 3.63) is 38.2 Å². The average Bonchev–Trinajstić information content (AvgIpc) is 2.71. The monoisotopic (exact) mass is 487 g/mol. The van der Waals surface area contributed by atoms with E-state index in [4.69, 9.17) is 0 Å². The fourth-order valence-electron chi connectivity index (χ4n) is 3.89. The highest BCUT2D eigenvalue weighted by molar-refractivity contribution is 7.22.